The van der Waals surface area contributed by atoms with E-state index in [9.17, 15) is 4.79 Å². The average Bonchev–Trinajstić information content (AvgIpc) is 3.00. The standard InChI is InChI=1S/C11H14N6OS2/c1-2-17-9(7-3-4-7)14-16-11(17)19-5-8(18)13-10-15-12-6-20-10/h6-7H,2-5H2,1H3,(H,13,15,18). The van der Waals surface area contributed by atoms with Crippen LogP contribution in [0.3, 0.4) is 0 Å². The van der Waals surface area contributed by atoms with Gasteiger partial charge in [0.05, 0.1) is 5.75 Å². The van der Waals surface area contributed by atoms with Crippen LogP contribution in [-0.2, 0) is 11.3 Å². The fourth-order valence-corrected chi connectivity index (χ4v) is 3.13. The number of hydrogen-bond acceptors (Lipinski definition) is 7. The van der Waals surface area contributed by atoms with Crippen molar-refractivity contribution >= 4 is 34.1 Å². The molecule has 9 heteroatoms. The summed E-state index contributed by atoms with van der Waals surface area (Å²) in [6, 6.07) is 0. The molecule has 3 rings (SSSR count). The molecule has 1 saturated carbocycles. The zero-order valence-electron chi connectivity index (χ0n) is 10.9. The van der Waals surface area contributed by atoms with Crippen molar-refractivity contribution in [2.45, 2.75) is 37.4 Å². The van der Waals surface area contributed by atoms with Gasteiger partial charge in [-0.1, -0.05) is 23.1 Å². The summed E-state index contributed by atoms with van der Waals surface area (Å²) in [7, 11) is 0. The molecule has 2 aromatic heterocycles. The summed E-state index contributed by atoms with van der Waals surface area (Å²) in [6.07, 6.45) is 2.39. The Hall–Kier alpha value is -1.48. The highest BCUT2D eigenvalue weighted by Gasteiger charge is 2.30. The van der Waals surface area contributed by atoms with E-state index in [4.69, 9.17) is 0 Å². The van der Waals surface area contributed by atoms with Crippen LogP contribution in [0.4, 0.5) is 5.13 Å². The molecular weight excluding hydrogens is 296 g/mol. The van der Waals surface area contributed by atoms with Crippen molar-refractivity contribution < 1.29 is 4.79 Å². The van der Waals surface area contributed by atoms with Crippen LogP contribution in [0.25, 0.3) is 0 Å². The number of amides is 1. The molecule has 0 radical (unpaired) electrons. The summed E-state index contributed by atoms with van der Waals surface area (Å²) in [6.45, 7) is 2.90. The van der Waals surface area contributed by atoms with Crippen molar-refractivity contribution in [1.82, 2.24) is 25.0 Å². The van der Waals surface area contributed by atoms with Gasteiger partial charge in [0.15, 0.2) is 5.16 Å². The van der Waals surface area contributed by atoms with E-state index in [1.807, 2.05) is 0 Å². The predicted molar refractivity (Wildman–Crippen MR) is 76.9 cm³/mol. The summed E-state index contributed by atoms with van der Waals surface area (Å²) in [5.41, 5.74) is 1.58. The molecule has 0 atom stereocenters. The molecule has 1 N–H and O–H groups in total. The van der Waals surface area contributed by atoms with E-state index in [-0.39, 0.29) is 5.91 Å². The van der Waals surface area contributed by atoms with Crippen molar-refractivity contribution in [2.24, 2.45) is 0 Å². The molecule has 2 heterocycles. The summed E-state index contributed by atoms with van der Waals surface area (Å²) in [4.78, 5) is 11.8. The number of nitrogens with zero attached hydrogens (tertiary/aromatic N) is 5. The smallest absolute Gasteiger partial charge is 0.236 e. The Morgan fingerprint density at radius 3 is 3.00 bits per heavy atom. The molecule has 0 saturated heterocycles. The van der Waals surface area contributed by atoms with Gasteiger partial charge in [-0.25, -0.2) is 0 Å². The topological polar surface area (TPSA) is 85.6 Å². The SMILES string of the molecule is CCn1c(SCC(=O)Nc2nncs2)nnc1C1CC1. The zero-order valence-corrected chi connectivity index (χ0v) is 12.6. The van der Waals surface area contributed by atoms with Crippen LogP contribution in [0, 0.1) is 0 Å². The van der Waals surface area contributed by atoms with Gasteiger partial charge in [-0.2, -0.15) is 0 Å². The average molecular weight is 310 g/mol. The van der Waals surface area contributed by atoms with Crippen molar-refractivity contribution in [2.75, 3.05) is 11.1 Å². The quantitative estimate of drug-likeness (QED) is 0.818. The first kappa shape index (κ1) is 13.5. The van der Waals surface area contributed by atoms with E-state index < -0.39 is 0 Å². The summed E-state index contributed by atoms with van der Waals surface area (Å²) in [5.74, 6) is 1.81. The molecular formula is C11H14N6OS2. The van der Waals surface area contributed by atoms with Gasteiger partial charge in [0.1, 0.15) is 11.3 Å². The number of nitrogens with one attached hydrogen (secondary N) is 1. The van der Waals surface area contributed by atoms with Crippen LogP contribution in [0.15, 0.2) is 10.7 Å². The fourth-order valence-electron chi connectivity index (χ4n) is 1.86. The molecule has 1 amide bonds. The third-order valence-corrected chi connectivity index (χ3v) is 4.52. The Morgan fingerprint density at radius 1 is 1.50 bits per heavy atom. The minimum absolute atomic E-state index is 0.106. The van der Waals surface area contributed by atoms with E-state index in [1.54, 1.807) is 5.51 Å². The maximum Gasteiger partial charge on any atom is 0.236 e. The minimum atomic E-state index is -0.106. The molecule has 0 aromatic carbocycles. The van der Waals surface area contributed by atoms with E-state index in [0.29, 0.717) is 16.8 Å². The third kappa shape index (κ3) is 2.98. The van der Waals surface area contributed by atoms with Gasteiger partial charge in [-0.15, -0.1) is 20.4 Å². The van der Waals surface area contributed by atoms with E-state index in [2.05, 4.69) is 37.2 Å². The van der Waals surface area contributed by atoms with Gasteiger partial charge < -0.3 is 4.57 Å². The second kappa shape index (κ2) is 5.88. The first-order chi connectivity index (χ1) is 9.78. The molecule has 0 unspecified atom stereocenters. The zero-order chi connectivity index (χ0) is 13.9. The molecule has 1 aliphatic rings. The predicted octanol–water partition coefficient (Wildman–Crippen LogP) is 1.76. The maximum absolute atomic E-state index is 11.8. The Labute approximate surface area is 124 Å². The number of hydrogen-bond donors (Lipinski definition) is 1. The van der Waals surface area contributed by atoms with Crippen LogP contribution >= 0.6 is 23.1 Å². The van der Waals surface area contributed by atoms with Gasteiger partial charge in [-0.3, -0.25) is 10.1 Å². The van der Waals surface area contributed by atoms with E-state index in [1.165, 1.54) is 35.9 Å². The van der Waals surface area contributed by atoms with Gasteiger partial charge in [0.25, 0.3) is 0 Å². The molecule has 106 valence electrons. The largest absolute Gasteiger partial charge is 0.306 e. The summed E-state index contributed by atoms with van der Waals surface area (Å²) in [5, 5.41) is 19.9. The fraction of sp³-hybridized carbons (Fsp3) is 0.545. The molecule has 20 heavy (non-hydrogen) atoms. The Kier molecular flexibility index (Phi) is 3.97. The highest BCUT2D eigenvalue weighted by molar-refractivity contribution is 7.99. The monoisotopic (exact) mass is 310 g/mol. The lowest BCUT2D eigenvalue weighted by Crippen LogP contribution is -2.14. The molecule has 0 aliphatic heterocycles. The molecule has 7 nitrogen and oxygen atoms in total. The molecule has 0 spiro atoms. The van der Waals surface area contributed by atoms with Gasteiger partial charge >= 0.3 is 0 Å². The van der Waals surface area contributed by atoms with Gasteiger partial charge in [0.2, 0.25) is 11.0 Å². The van der Waals surface area contributed by atoms with Crippen molar-refractivity contribution in [3.8, 4) is 0 Å². The molecule has 1 fully saturated rings. The van der Waals surface area contributed by atoms with Crippen LogP contribution in [0.1, 0.15) is 31.5 Å². The minimum Gasteiger partial charge on any atom is -0.306 e. The normalized spacial score (nSPS) is 14.4. The number of thioether (sulfide) groups is 1. The first-order valence-electron chi connectivity index (χ1n) is 6.40. The highest BCUT2D eigenvalue weighted by atomic mass is 32.2. The van der Waals surface area contributed by atoms with E-state index in [0.717, 1.165) is 17.5 Å². The molecule has 2 aromatic rings. The number of rotatable bonds is 6. The molecule has 1 aliphatic carbocycles. The van der Waals surface area contributed by atoms with Crippen molar-refractivity contribution in [3.05, 3.63) is 11.3 Å². The van der Waals surface area contributed by atoms with Crippen molar-refractivity contribution in [3.63, 3.8) is 0 Å². The summed E-state index contributed by atoms with van der Waals surface area (Å²) < 4.78 is 2.10. The lowest BCUT2D eigenvalue weighted by Gasteiger charge is -2.06. The third-order valence-electron chi connectivity index (χ3n) is 2.94. The van der Waals surface area contributed by atoms with Crippen LogP contribution in [-0.4, -0.2) is 36.6 Å². The number of carbonyl (C=O) groups excluding carboxylic acids is 1. The number of anilines is 1. The molecule has 0 bridgehead atoms. The lowest BCUT2D eigenvalue weighted by atomic mass is 10.4. The van der Waals surface area contributed by atoms with Crippen LogP contribution < -0.4 is 5.32 Å². The highest BCUT2D eigenvalue weighted by Crippen LogP contribution is 2.39. The Balaban J connectivity index is 1.59. The van der Waals surface area contributed by atoms with Crippen LogP contribution in [0.2, 0.25) is 0 Å². The Morgan fingerprint density at radius 2 is 2.35 bits per heavy atom. The first-order valence-corrected chi connectivity index (χ1v) is 8.26. The van der Waals surface area contributed by atoms with E-state index >= 15 is 0 Å². The number of aromatic nitrogens is 5. The van der Waals surface area contributed by atoms with Crippen LogP contribution in [0.5, 0.6) is 0 Å². The Bertz CT molecular complexity index is 592. The second-order valence-corrected chi connectivity index (χ2v) is 6.22. The van der Waals surface area contributed by atoms with Crippen molar-refractivity contribution in [1.29, 1.82) is 0 Å². The van der Waals surface area contributed by atoms with Gasteiger partial charge in [0, 0.05) is 12.5 Å². The lowest BCUT2D eigenvalue weighted by molar-refractivity contribution is -0.113. The van der Waals surface area contributed by atoms with Gasteiger partial charge in [-0.05, 0) is 19.8 Å². The maximum atomic E-state index is 11.8. The summed E-state index contributed by atoms with van der Waals surface area (Å²) >= 11 is 2.70. The second-order valence-electron chi connectivity index (χ2n) is 4.44. The number of carbonyl (C=O) groups is 1.